The molecule has 1 aromatic heterocycles. The highest BCUT2D eigenvalue weighted by atomic mass is 15.1. The summed E-state index contributed by atoms with van der Waals surface area (Å²) in [4.78, 5) is 4.47. The van der Waals surface area contributed by atoms with Crippen molar-refractivity contribution < 1.29 is 0 Å². The number of nitrogens with one attached hydrogen (secondary N) is 2. The first kappa shape index (κ1) is 18.6. The Labute approximate surface area is 171 Å². The summed E-state index contributed by atoms with van der Waals surface area (Å²) in [6.45, 7) is 6.85. The van der Waals surface area contributed by atoms with Gasteiger partial charge in [-0.25, -0.2) is 0 Å². The topological polar surface area (TPSA) is 63.0 Å². The number of hydrogen-bond donors (Lipinski definition) is 3. The molecular formula is C25H24N4. The van der Waals surface area contributed by atoms with Crippen molar-refractivity contribution in [1.29, 1.82) is 0 Å². The summed E-state index contributed by atoms with van der Waals surface area (Å²) in [5, 5.41) is 7.77. The van der Waals surface area contributed by atoms with Crippen LogP contribution in [0.2, 0.25) is 0 Å². The second-order valence-electron chi connectivity index (χ2n) is 7.07. The van der Waals surface area contributed by atoms with E-state index in [9.17, 15) is 0 Å². The lowest BCUT2D eigenvalue weighted by molar-refractivity contribution is 0.821. The molecule has 0 fully saturated rings. The van der Waals surface area contributed by atoms with Crippen LogP contribution in [-0.4, -0.2) is 4.98 Å². The maximum atomic E-state index is 6.24. The molecule has 4 aromatic rings. The molecule has 0 radical (unpaired) electrons. The smallest absolute Gasteiger partial charge is 0.0960 e. The normalized spacial score (nSPS) is 10.7. The molecule has 0 aliphatic heterocycles. The van der Waals surface area contributed by atoms with Crippen molar-refractivity contribution in [2.24, 2.45) is 0 Å². The van der Waals surface area contributed by atoms with E-state index in [0.717, 1.165) is 44.8 Å². The van der Waals surface area contributed by atoms with Crippen LogP contribution in [0, 0.1) is 6.92 Å². The van der Waals surface area contributed by atoms with Crippen molar-refractivity contribution in [2.45, 2.75) is 13.5 Å². The molecular weight excluding hydrogens is 356 g/mol. The molecule has 0 bridgehead atoms. The Hall–Kier alpha value is -3.79. The molecule has 4 N–H and O–H groups in total. The molecule has 0 spiro atoms. The van der Waals surface area contributed by atoms with E-state index < -0.39 is 0 Å². The zero-order chi connectivity index (χ0) is 20.2. The maximum absolute atomic E-state index is 6.24. The Morgan fingerprint density at radius 2 is 1.79 bits per heavy atom. The number of nitrogen functional groups attached to an aromatic ring is 1. The number of aromatic nitrogens is 1. The lowest BCUT2D eigenvalue weighted by atomic mass is 9.97. The maximum Gasteiger partial charge on any atom is 0.0960 e. The average Bonchev–Trinajstić information content (AvgIpc) is 2.74. The van der Waals surface area contributed by atoms with E-state index in [-0.39, 0.29) is 0 Å². The molecule has 0 amide bonds. The first-order valence-electron chi connectivity index (χ1n) is 9.60. The van der Waals surface area contributed by atoms with Crippen molar-refractivity contribution in [3.8, 4) is 11.1 Å². The van der Waals surface area contributed by atoms with E-state index in [2.05, 4.69) is 47.3 Å². The number of para-hydroxylation sites is 1. The Bertz CT molecular complexity index is 1180. The summed E-state index contributed by atoms with van der Waals surface area (Å²) in [5.41, 5.74) is 13.4. The van der Waals surface area contributed by atoms with Gasteiger partial charge in [0.05, 0.1) is 17.0 Å². The number of anilines is 2. The quantitative estimate of drug-likeness (QED) is 0.388. The Kier molecular flexibility index (Phi) is 5.16. The van der Waals surface area contributed by atoms with E-state index in [1.165, 1.54) is 5.56 Å². The summed E-state index contributed by atoms with van der Waals surface area (Å²) in [7, 11) is 0. The first-order chi connectivity index (χ1) is 14.1. The van der Waals surface area contributed by atoms with Gasteiger partial charge in [0.1, 0.15) is 0 Å². The van der Waals surface area contributed by atoms with Crippen LogP contribution in [0.5, 0.6) is 0 Å². The number of rotatable bonds is 6. The monoisotopic (exact) mass is 380 g/mol. The van der Waals surface area contributed by atoms with E-state index in [4.69, 9.17) is 5.73 Å². The van der Waals surface area contributed by atoms with E-state index >= 15 is 0 Å². The number of fused-ring (bicyclic) bond motifs is 1. The second kappa shape index (κ2) is 8.07. The third-order valence-corrected chi connectivity index (χ3v) is 4.98. The number of aryl methyl sites for hydroxylation is 1. The largest absolute Gasteiger partial charge is 0.398 e. The number of nitrogens with two attached hydrogens (primary N) is 1. The van der Waals surface area contributed by atoms with E-state index in [0.29, 0.717) is 6.54 Å². The third-order valence-electron chi connectivity index (χ3n) is 4.98. The van der Waals surface area contributed by atoms with Crippen LogP contribution >= 0.6 is 0 Å². The van der Waals surface area contributed by atoms with Gasteiger partial charge < -0.3 is 16.4 Å². The van der Waals surface area contributed by atoms with E-state index in [1.54, 1.807) is 6.20 Å². The number of pyridine rings is 1. The standard InChI is InChI=1S/C25H24N4/c1-17-7-3-4-10-21(17)22-15-19(12-13-23(22)26)16-28-18(2)29-24-11-5-8-20-9-6-14-27-25(20)24/h3-15,28-29H,2,16,26H2,1H3. The molecule has 0 aliphatic carbocycles. The van der Waals surface area contributed by atoms with Crippen LogP contribution in [-0.2, 0) is 6.54 Å². The fourth-order valence-corrected chi connectivity index (χ4v) is 3.44. The molecule has 0 aliphatic rings. The molecule has 29 heavy (non-hydrogen) atoms. The Balaban J connectivity index is 1.48. The molecule has 4 rings (SSSR count). The molecule has 0 unspecified atom stereocenters. The third kappa shape index (κ3) is 4.06. The van der Waals surface area contributed by atoms with Gasteiger partial charge in [-0.2, -0.15) is 0 Å². The van der Waals surface area contributed by atoms with Crippen LogP contribution in [0.15, 0.2) is 91.4 Å². The summed E-state index contributed by atoms with van der Waals surface area (Å²) in [6.07, 6.45) is 1.80. The molecule has 4 heteroatoms. The predicted molar refractivity (Wildman–Crippen MR) is 122 cm³/mol. The Morgan fingerprint density at radius 3 is 2.66 bits per heavy atom. The van der Waals surface area contributed by atoms with Gasteiger partial charge in [-0.1, -0.05) is 55.1 Å². The van der Waals surface area contributed by atoms with Crippen molar-refractivity contribution in [1.82, 2.24) is 10.3 Å². The fourth-order valence-electron chi connectivity index (χ4n) is 3.44. The van der Waals surface area contributed by atoms with Gasteiger partial charge in [0.25, 0.3) is 0 Å². The molecule has 1 heterocycles. The molecule has 144 valence electrons. The molecule has 0 atom stereocenters. The summed E-state index contributed by atoms with van der Waals surface area (Å²) in [5.74, 6) is 0.720. The SMILES string of the molecule is C=C(NCc1ccc(N)c(-c2ccccc2C)c1)Nc1cccc2cccnc12. The zero-order valence-electron chi connectivity index (χ0n) is 16.4. The summed E-state index contributed by atoms with van der Waals surface area (Å²) >= 11 is 0. The van der Waals surface area contributed by atoms with Crippen LogP contribution in [0.25, 0.3) is 22.0 Å². The first-order valence-corrected chi connectivity index (χ1v) is 9.60. The zero-order valence-corrected chi connectivity index (χ0v) is 16.4. The number of hydrogen-bond acceptors (Lipinski definition) is 4. The summed E-state index contributed by atoms with van der Waals surface area (Å²) < 4.78 is 0. The minimum absolute atomic E-state index is 0.642. The van der Waals surface area contributed by atoms with Crippen LogP contribution in [0.1, 0.15) is 11.1 Å². The Morgan fingerprint density at radius 1 is 0.966 bits per heavy atom. The second-order valence-corrected chi connectivity index (χ2v) is 7.07. The highest BCUT2D eigenvalue weighted by molar-refractivity contribution is 5.90. The molecule has 0 saturated carbocycles. The van der Waals surface area contributed by atoms with Crippen LogP contribution < -0.4 is 16.4 Å². The molecule has 0 saturated heterocycles. The fraction of sp³-hybridized carbons (Fsp3) is 0.0800. The molecule has 3 aromatic carbocycles. The van der Waals surface area contributed by atoms with E-state index in [1.807, 2.05) is 54.6 Å². The minimum Gasteiger partial charge on any atom is -0.398 e. The van der Waals surface area contributed by atoms with Crippen molar-refractivity contribution in [3.63, 3.8) is 0 Å². The van der Waals surface area contributed by atoms with Gasteiger partial charge >= 0.3 is 0 Å². The van der Waals surface area contributed by atoms with Gasteiger partial charge in [-0.3, -0.25) is 4.98 Å². The van der Waals surface area contributed by atoms with Crippen molar-refractivity contribution in [3.05, 3.63) is 103 Å². The highest BCUT2D eigenvalue weighted by Gasteiger charge is 2.07. The average molecular weight is 380 g/mol. The van der Waals surface area contributed by atoms with Gasteiger partial charge in [-0.15, -0.1) is 0 Å². The van der Waals surface area contributed by atoms with Crippen molar-refractivity contribution >= 4 is 22.3 Å². The van der Waals surface area contributed by atoms with Crippen LogP contribution in [0.3, 0.4) is 0 Å². The number of nitrogens with zero attached hydrogens (tertiary/aromatic N) is 1. The predicted octanol–water partition coefficient (Wildman–Crippen LogP) is 5.47. The van der Waals surface area contributed by atoms with Gasteiger partial charge in [0.2, 0.25) is 0 Å². The lowest BCUT2D eigenvalue weighted by Crippen LogP contribution is -2.18. The van der Waals surface area contributed by atoms with Crippen molar-refractivity contribution in [2.75, 3.05) is 11.1 Å². The highest BCUT2D eigenvalue weighted by Crippen LogP contribution is 2.29. The lowest BCUT2D eigenvalue weighted by Gasteiger charge is -2.15. The summed E-state index contributed by atoms with van der Waals surface area (Å²) in [6, 6.07) is 24.5. The minimum atomic E-state index is 0.642. The molecule has 4 nitrogen and oxygen atoms in total. The number of benzene rings is 3. The van der Waals surface area contributed by atoms with Gasteiger partial charge in [0, 0.05) is 29.4 Å². The van der Waals surface area contributed by atoms with Gasteiger partial charge in [-0.05, 0) is 47.9 Å². The van der Waals surface area contributed by atoms with Gasteiger partial charge in [0.15, 0.2) is 0 Å². The van der Waals surface area contributed by atoms with Crippen LogP contribution in [0.4, 0.5) is 11.4 Å².